The molecule has 102 valence electrons. The topological polar surface area (TPSA) is 76.1 Å². The van der Waals surface area contributed by atoms with Crippen LogP contribution in [0.4, 0.5) is 0 Å². The number of esters is 1. The molecule has 0 amide bonds. The Hall–Kier alpha value is -2.35. The van der Waals surface area contributed by atoms with Gasteiger partial charge in [0, 0.05) is 0 Å². The van der Waals surface area contributed by atoms with Crippen molar-refractivity contribution < 1.29 is 13.9 Å². The summed E-state index contributed by atoms with van der Waals surface area (Å²) in [4.78, 5) is 16.3. The van der Waals surface area contributed by atoms with Gasteiger partial charge in [-0.2, -0.15) is 5.26 Å². The highest BCUT2D eigenvalue weighted by atomic mass is 16.5. The molecule has 1 saturated carbocycles. The number of nitrogens with zero attached hydrogens (tertiary/aromatic N) is 2. The number of benzene rings is 1. The molecule has 5 heteroatoms. The van der Waals surface area contributed by atoms with Crippen molar-refractivity contribution in [1.82, 2.24) is 4.98 Å². The Morgan fingerprint density at radius 1 is 1.40 bits per heavy atom. The van der Waals surface area contributed by atoms with E-state index in [4.69, 9.17) is 9.15 Å². The van der Waals surface area contributed by atoms with Crippen molar-refractivity contribution >= 4 is 17.1 Å². The first-order valence-electron chi connectivity index (χ1n) is 6.66. The number of nitriles is 1. The molecule has 0 unspecified atom stereocenters. The molecule has 0 aliphatic heterocycles. The Labute approximate surface area is 116 Å². The number of oxazole rings is 1. The molecule has 0 atom stereocenters. The fraction of sp³-hybridized carbons (Fsp3) is 0.400. The van der Waals surface area contributed by atoms with Gasteiger partial charge in [-0.1, -0.05) is 25.0 Å². The fourth-order valence-electron chi connectivity index (χ4n) is 2.59. The molecule has 0 bridgehead atoms. The van der Waals surface area contributed by atoms with Crippen LogP contribution in [0.3, 0.4) is 0 Å². The van der Waals surface area contributed by atoms with Gasteiger partial charge in [-0.15, -0.1) is 0 Å². The van der Waals surface area contributed by atoms with E-state index in [-0.39, 0.29) is 6.61 Å². The number of ether oxygens (including phenoxy) is 1. The maximum atomic E-state index is 12.1. The lowest BCUT2D eigenvalue weighted by Crippen LogP contribution is -2.28. The summed E-state index contributed by atoms with van der Waals surface area (Å²) >= 11 is 0. The van der Waals surface area contributed by atoms with E-state index < -0.39 is 11.4 Å². The van der Waals surface area contributed by atoms with E-state index in [1.54, 1.807) is 6.07 Å². The van der Waals surface area contributed by atoms with Crippen LogP contribution in [0.25, 0.3) is 11.1 Å². The van der Waals surface area contributed by atoms with Gasteiger partial charge in [0.1, 0.15) is 5.52 Å². The van der Waals surface area contributed by atoms with Crippen LogP contribution in [0, 0.1) is 16.7 Å². The second-order valence-corrected chi connectivity index (χ2v) is 5.05. The molecule has 0 saturated heterocycles. The Balaban J connectivity index is 1.70. The van der Waals surface area contributed by atoms with E-state index in [1.807, 2.05) is 18.2 Å². The molecule has 1 aliphatic carbocycles. The summed E-state index contributed by atoms with van der Waals surface area (Å²) in [5.41, 5.74) is 0.426. The monoisotopic (exact) mass is 270 g/mol. The largest absolute Gasteiger partial charge is 0.454 e. The van der Waals surface area contributed by atoms with Crippen LogP contribution in [0.2, 0.25) is 0 Å². The number of aromatic nitrogens is 1. The molecule has 1 aliphatic rings. The number of para-hydroxylation sites is 2. The maximum absolute atomic E-state index is 12.1. The average Bonchev–Trinajstić information content (AvgIpc) is 3.11. The Morgan fingerprint density at radius 3 is 2.85 bits per heavy atom. The van der Waals surface area contributed by atoms with E-state index in [0.717, 1.165) is 18.4 Å². The summed E-state index contributed by atoms with van der Waals surface area (Å²) in [7, 11) is 0. The third kappa shape index (κ3) is 2.14. The zero-order valence-corrected chi connectivity index (χ0v) is 11.0. The highest BCUT2D eigenvalue weighted by molar-refractivity contribution is 5.80. The molecule has 1 fully saturated rings. The first-order valence-corrected chi connectivity index (χ1v) is 6.66. The van der Waals surface area contributed by atoms with Crippen molar-refractivity contribution in [3.05, 3.63) is 30.2 Å². The van der Waals surface area contributed by atoms with Crippen molar-refractivity contribution in [3.8, 4) is 6.07 Å². The quantitative estimate of drug-likeness (QED) is 0.801. The molecule has 3 rings (SSSR count). The van der Waals surface area contributed by atoms with E-state index in [1.165, 1.54) is 0 Å². The lowest BCUT2D eigenvalue weighted by atomic mass is 9.88. The summed E-state index contributed by atoms with van der Waals surface area (Å²) in [6, 6.07) is 9.47. The number of hydrogen-bond acceptors (Lipinski definition) is 5. The molecule has 2 aromatic rings. The van der Waals surface area contributed by atoms with Gasteiger partial charge in [0.05, 0.1) is 6.07 Å². The molecule has 20 heavy (non-hydrogen) atoms. The molecular formula is C15H14N2O3. The summed E-state index contributed by atoms with van der Waals surface area (Å²) in [6.45, 7) is -0.0308. The van der Waals surface area contributed by atoms with Crippen molar-refractivity contribution in [3.63, 3.8) is 0 Å². The SMILES string of the molecule is N#CC1(C(=O)OCc2nc3ccccc3o2)CCCC1. The Bertz CT molecular complexity index is 645. The number of hydrogen-bond donors (Lipinski definition) is 0. The maximum Gasteiger partial charge on any atom is 0.326 e. The zero-order valence-electron chi connectivity index (χ0n) is 11.0. The molecule has 1 aromatic carbocycles. The minimum atomic E-state index is -0.966. The lowest BCUT2D eigenvalue weighted by Gasteiger charge is -2.17. The third-order valence-electron chi connectivity index (χ3n) is 3.73. The lowest BCUT2D eigenvalue weighted by molar-refractivity contribution is -0.154. The molecular weight excluding hydrogens is 256 g/mol. The van der Waals surface area contributed by atoms with E-state index >= 15 is 0 Å². The van der Waals surface area contributed by atoms with E-state index in [0.29, 0.717) is 24.3 Å². The summed E-state index contributed by atoms with van der Waals surface area (Å²) in [5, 5.41) is 9.21. The molecule has 5 nitrogen and oxygen atoms in total. The second kappa shape index (κ2) is 4.97. The fourth-order valence-corrected chi connectivity index (χ4v) is 2.59. The summed E-state index contributed by atoms with van der Waals surface area (Å²) < 4.78 is 10.7. The number of carbonyl (C=O) groups excluding carboxylic acids is 1. The van der Waals surface area contributed by atoms with Gasteiger partial charge in [-0.3, -0.25) is 4.79 Å². The van der Waals surface area contributed by atoms with Crippen LogP contribution >= 0.6 is 0 Å². The van der Waals surface area contributed by atoms with Crippen molar-refractivity contribution in [2.75, 3.05) is 0 Å². The third-order valence-corrected chi connectivity index (χ3v) is 3.73. The van der Waals surface area contributed by atoms with Crippen molar-refractivity contribution in [2.45, 2.75) is 32.3 Å². The van der Waals surface area contributed by atoms with Crippen LogP contribution in [0.5, 0.6) is 0 Å². The standard InChI is InChI=1S/C15H14N2O3/c16-10-15(7-3-4-8-15)14(18)19-9-13-17-11-5-1-2-6-12(11)20-13/h1-2,5-6H,3-4,7-9H2. The second-order valence-electron chi connectivity index (χ2n) is 5.05. The van der Waals surface area contributed by atoms with Crippen molar-refractivity contribution in [2.24, 2.45) is 5.41 Å². The minimum absolute atomic E-state index is 0.0308. The van der Waals surface area contributed by atoms with Crippen LogP contribution in [-0.2, 0) is 16.1 Å². The van der Waals surface area contributed by atoms with Crippen LogP contribution < -0.4 is 0 Å². The smallest absolute Gasteiger partial charge is 0.326 e. The summed E-state index contributed by atoms with van der Waals surface area (Å²) in [6.07, 6.45) is 2.95. The highest BCUT2D eigenvalue weighted by Gasteiger charge is 2.43. The first kappa shape index (κ1) is 12.7. The van der Waals surface area contributed by atoms with Crippen LogP contribution in [0.15, 0.2) is 28.7 Å². The summed E-state index contributed by atoms with van der Waals surface area (Å²) in [5.74, 6) is -0.106. The Kier molecular flexibility index (Phi) is 3.15. The van der Waals surface area contributed by atoms with Crippen LogP contribution in [0.1, 0.15) is 31.6 Å². The predicted molar refractivity (Wildman–Crippen MR) is 70.3 cm³/mol. The molecule has 0 radical (unpaired) electrons. The molecule has 0 spiro atoms. The van der Waals surface area contributed by atoms with Gasteiger partial charge < -0.3 is 9.15 Å². The van der Waals surface area contributed by atoms with Gasteiger partial charge in [0.2, 0.25) is 5.89 Å². The van der Waals surface area contributed by atoms with Crippen molar-refractivity contribution in [1.29, 1.82) is 5.26 Å². The predicted octanol–water partition coefficient (Wildman–Crippen LogP) is 2.95. The van der Waals surface area contributed by atoms with Gasteiger partial charge in [-0.05, 0) is 25.0 Å². The van der Waals surface area contributed by atoms with Gasteiger partial charge in [0.25, 0.3) is 0 Å². The first-order chi connectivity index (χ1) is 9.73. The van der Waals surface area contributed by atoms with Gasteiger partial charge >= 0.3 is 5.97 Å². The normalized spacial score (nSPS) is 16.9. The minimum Gasteiger partial charge on any atom is -0.454 e. The van der Waals surface area contributed by atoms with Gasteiger partial charge in [0.15, 0.2) is 17.6 Å². The highest BCUT2D eigenvalue weighted by Crippen LogP contribution is 2.38. The molecule has 1 aromatic heterocycles. The average molecular weight is 270 g/mol. The van der Waals surface area contributed by atoms with Crippen LogP contribution in [-0.4, -0.2) is 11.0 Å². The number of carbonyl (C=O) groups is 1. The molecule has 0 N–H and O–H groups in total. The number of fused-ring (bicyclic) bond motifs is 1. The zero-order chi connectivity index (χ0) is 14.0. The van der Waals surface area contributed by atoms with E-state index in [2.05, 4.69) is 11.1 Å². The number of rotatable bonds is 3. The van der Waals surface area contributed by atoms with E-state index in [9.17, 15) is 10.1 Å². The van der Waals surface area contributed by atoms with Gasteiger partial charge in [-0.25, -0.2) is 4.98 Å². The molecule has 1 heterocycles. The Morgan fingerprint density at radius 2 is 2.15 bits per heavy atom.